The van der Waals surface area contributed by atoms with E-state index in [0.717, 1.165) is 25.8 Å². The van der Waals surface area contributed by atoms with E-state index >= 15 is 0 Å². The number of rotatable bonds is 8. The summed E-state index contributed by atoms with van der Waals surface area (Å²) in [6.07, 6.45) is 3.29. The summed E-state index contributed by atoms with van der Waals surface area (Å²) in [7, 11) is 0. The van der Waals surface area contributed by atoms with Crippen molar-refractivity contribution in [3.05, 3.63) is 22.4 Å². The first-order valence-corrected chi connectivity index (χ1v) is 7.60. The fourth-order valence-corrected chi connectivity index (χ4v) is 2.42. The standard InChI is InChI=1S/C14H22N2O2S/c1-3-4-5-9-16(12(2)17)10-8-15-14(18)13-7-6-11-19-13/h6-7,11H,3-5,8-10H2,1-2H3,(H,15,18). The van der Waals surface area contributed by atoms with Gasteiger partial charge in [-0.2, -0.15) is 0 Å². The molecule has 0 saturated heterocycles. The molecule has 106 valence electrons. The molecule has 0 bridgehead atoms. The van der Waals surface area contributed by atoms with Gasteiger partial charge in [-0.05, 0) is 17.9 Å². The van der Waals surface area contributed by atoms with Crippen LogP contribution in [0.3, 0.4) is 0 Å². The monoisotopic (exact) mass is 282 g/mol. The Labute approximate surface area is 118 Å². The van der Waals surface area contributed by atoms with E-state index in [1.54, 1.807) is 17.9 Å². The number of thiophene rings is 1. The van der Waals surface area contributed by atoms with Gasteiger partial charge in [-0.15, -0.1) is 11.3 Å². The molecule has 0 saturated carbocycles. The minimum Gasteiger partial charge on any atom is -0.350 e. The lowest BCUT2D eigenvalue weighted by Gasteiger charge is -2.21. The molecule has 1 aromatic rings. The molecule has 19 heavy (non-hydrogen) atoms. The van der Waals surface area contributed by atoms with Crippen LogP contribution in [0.1, 0.15) is 42.8 Å². The minimum atomic E-state index is -0.0629. The van der Waals surface area contributed by atoms with E-state index in [4.69, 9.17) is 0 Å². The van der Waals surface area contributed by atoms with Crippen molar-refractivity contribution in [2.75, 3.05) is 19.6 Å². The molecule has 5 heteroatoms. The first-order chi connectivity index (χ1) is 9.15. The molecule has 0 spiro atoms. The highest BCUT2D eigenvalue weighted by molar-refractivity contribution is 7.12. The van der Waals surface area contributed by atoms with E-state index in [0.29, 0.717) is 18.0 Å². The quantitative estimate of drug-likeness (QED) is 0.745. The molecular formula is C14H22N2O2S. The second-order valence-corrected chi connectivity index (χ2v) is 5.39. The van der Waals surface area contributed by atoms with Gasteiger partial charge in [-0.25, -0.2) is 0 Å². The Balaban J connectivity index is 2.28. The maximum atomic E-state index is 11.7. The van der Waals surface area contributed by atoms with Gasteiger partial charge >= 0.3 is 0 Å². The Morgan fingerprint density at radius 1 is 1.32 bits per heavy atom. The number of nitrogens with zero attached hydrogens (tertiary/aromatic N) is 1. The van der Waals surface area contributed by atoms with Gasteiger partial charge in [0.2, 0.25) is 5.91 Å². The summed E-state index contributed by atoms with van der Waals surface area (Å²) in [6.45, 7) is 5.57. The van der Waals surface area contributed by atoms with Crippen molar-refractivity contribution in [1.82, 2.24) is 10.2 Å². The summed E-state index contributed by atoms with van der Waals surface area (Å²) in [5, 5.41) is 4.71. The maximum Gasteiger partial charge on any atom is 0.261 e. The summed E-state index contributed by atoms with van der Waals surface area (Å²) in [6, 6.07) is 3.65. The van der Waals surface area contributed by atoms with E-state index in [2.05, 4.69) is 12.2 Å². The van der Waals surface area contributed by atoms with Gasteiger partial charge in [-0.3, -0.25) is 9.59 Å². The smallest absolute Gasteiger partial charge is 0.261 e. The van der Waals surface area contributed by atoms with Crippen LogP contribution in [0, 0.1) is 0 Å². The molecule has 0 unspecified atom stereocenters. The zero-order valence-corrected chi connectivity index (χ0v) is 12.5. The molecule has 0 atom stereocenters. The van der Waals surface area contributed by atoms with Crippen LogP contribution in [0.2, 0.25) is 0 Å². The lowest BCUT2D eigenvalue weighted by molar-refractivity contribution is -0.128. The molecule has 0 fully saturated rings. The second kappa shape index (κ2) is 8.69. The van der Waals surface area contributed by atoms with Crippen LogP contribution in [0.25, 0.3) is 0 Å². The van der Waals surface area contributed by atoms with Crippen LogP contribution in [0.15, 0.2) is 17.5 Å². The van der Waals surface area contributed by atoms with Crippen molar-refractivity contribution < 1.29 is 9.59 Å². The molecule has 1 aromatic heterocycles. The third-order valence-electron chi connectivity index (χ3n) is 2.89. The van der Waals surface area contributed by atoms with Crippen molar-refractivity contribution in [2.24, 2.45) is 0 Å². The van der Waals surface area contributed by atoms with Gasteiger partial charge in [0, 0.05) is 26.6 Å². The summed E-state index contributed by atoms with van der Waals surface area (Å²) in [5.74, 6) is 0.00790. The van der Waals surface area contributed by atoms with Crippen molar-refractivity contribution in [1.29, 1.82) is 0 Å². The van der Waals surface area contributed by atoms with Crippen LogP contribution in [-0.2, 0) is 4.79 Å². The minimum absolute atomic E-state index is 0.0629. The Bertz CT molecular complexity index is 390. The molecule has 2 amide bonds. The van der Waals surface area contributed by atoms with E-state index in [9.17, 15) is 9.59 Å². The van der Waals surface area contributed by atoms with Gasteiger partial charge in [0.15, 0.2) is 0 Å². The molecule has 1 N–H and O–H groups in total. The zero-order chi connectivity index (χ0) is 14.1. The number of nitrogens with one attached hydrogen (secondary N) is 1. The predicted octanol–water partition coefficient (Wildman–Crippen LogP) is 2.52. The number of hydrogen-bond acceptors (Lipinski definition) is 3. The molecule has 1 heterocycles. The number of hydrogen-bond donors (Lipinski definition) is 1. The van der Waals surface area contributed by atoms with Crippen molar-refractivity contribution in [3.8, 4) is 0 Å². The summed E-state index contributed by atoms with van der Waals surface area (Å²) in [4.78, 5) is 25.7. The fourth-order valence-electron chi connectivity index (χ4n) is 1.78. The third kappa shape index (κ3) is 5.87. The topological polar surface area (TPSA) is 49.4 Å². The molecular weight excluding hydrogens is 260 g/mol. The molecule has 0 aromatic carbocycles. The van der Waals surface area contributed by atoms with Gasteiger partial charge in [0.05, 0.1) is 4.88 Å². The highest BCUT2D eigenvalue weighted by Crippen LogP contribution is 2.07. The normalized spacial score (nSPS) is 10.2. The van der Waals surface area contributed by atoms with Gasteiger partial charge in [0.25, 0.3) is 5.91 Å². The van der Waals surface area contributed by atoms with Gasteiger partial charge < -0.3 is 10.2 Å². The Hall–Kier alpha value is -1.36. The highest BCUT2D eigenvalue weighted by Gasteiger charge is 2.09. The molecule has 0 aliphatic carbocycles. The van der Waals surface area contributed by atoms with Crippen LogP contribution < -0.4 is 5.32 Å². The molecule has 0 aliphatic heterocycles. The van der Waals surface area contributed by atoms with Crippen LogP contribution in [-0.4, -0.2) is 36.3 Å². The Morgan fingerprint density at radius 2 is 2.11 bits per heavy atom. The summed E-state index contributed by atoms with van der Waals surface area (Å²) < 4.78 is 0. The zero-order valence-electron chi connectivity index (χ0n) is 11.6. The van der Waals surface area contributed by atoms with Gasteiger partial charge in [0.1, 0.15) is 0 Å². The maximum absolute atomic E-state index is 11.7. The van der Waals surface area contributed by atoms with E-state index < -0.39 is 0 Å². The first-order valence-electron chi connectivity index (χ1n) is 6.72. The van der Waals surface area contributed by atoms with E-state index in [1.807, 2.05) is 11.4 Å². The van der Waals surface area contributed by atoms with Crippen LogP contribution in [0.4, 0.5) is 0 Å². The van der Waals surface area contributed by atoms with E-state index in [-0.39, 0.29) is 11.8 Å². The average molecular weight is 282 g/mol. The average Bonchev–Trinajstić information content (AvgIpc) is 2.90. The number of unbranched alkanes of at least 4 members (excludes halogenated alkanes) is 2. The second-order valence-electron chi connectivity index (χ2n) is 4.45. The largest absolute Gasteiger partial charge is 0.350 e. The summed E-state index contributed by atoms with van der Waals surface area (Å²) in [5.41, 5.74) is 0. The van der Waals surface area contributed by atoms with Crippen LogP contribution >= 0.6 is 11.3 Å². The fraction of sp³-hybridized carbons (Fsp3) is 0.571. The first kappa shape index (κ1) is 15.7. The lowest BCUT2D eigenvalue weighted by atomic mass is 10.2. The van der Waals surface area contributed by atoms with Crippen molar-refractivity contribution >= 4 is 23.2 Å². The summed E-state index contributed by atoms with van der Waals surface area (Å²) >= 11 is 1.42. The number of amides is 2. The number of carbonyl (C=O) groups excluding carboxylic acids is 2. The van der Waals surface area contributed by atoms with Crippen molar-refractivity contribution in [3.63, 3.8) is 0 Å². The number of carbonyl (C=O) groups is 2. The van der Waals surface area contributed by atoms with Crippen LogP contribution in [0.5, 0.6) is 0 Å². The van der Waals surface area contributed by atoms with E-state index in [1.165, 1.54) is 11.3 Å². The Kier molecular flexibility index (Phi) is 7.18. The molecule has 0 radical (unpaired) electrons. The van der Waals surface area contributed by atoms with Crippen molar-refractivity contribution in [2.45, 2.75) is 33.1 Å². The molecule has 4 nitrogen and oxygen atoms in total. The van der Waals surface area contributed by atoms with Gasteiger partial charge in [-0.1, -0.05) is 25.8 Å². The Morgan fingerprint density at radius 3 is 2.68 bits per heavy atom. The third-order valence-corrected chi connectivity index (χ3v) is 3.76. The predicted molar refractivity (Wildman–Crippen MR) is 78.4 cm³/mol. The molecule has 0 aliphatic rings. The molecule has 1 rings (SSSR count). The SMILES string of the molecule is CCCCCN(CCNC(=O)c1cccs1)C(C)=O. The lowest BCUT2D eigenvalue weighted by Crippen LogP contribution is -2.37. The highest BCUT2D eigenvalue weighted by atomic mass is 32.1.